The van der Waals surface area contributed by atoms with Crippen LogP contribution in [0.3, 0.4) is 0 Å². The molecule has 3 rings (SSSR count). The lowest BCUT2D eigenvalue weighted by molar-refractivity contribution is -0.122. The van der Waals surface area contributed by atoms with Crippen molar-refractivity contribution in [2.45, 2.75) is 25.8 Å². The summed E-state index contributed by atoms with van der Waals surface area (Å²) in [5, 5.41) is 7.76. The van der Waals surface area contributed by atoms with E-state index in [0.717, 1.165) is 18.5 Å². The smallest absolute Gasteiger partial charge is 0.222 e. The third-order valence-corrected chi connectivity index (χ3v) is 4.02. The van der Waals surface area contributed by atoms with Crippen molar-refractivity contribution >= 4 is 28.3 Å². The summed E-state index contributed by atoms with van der Waals surface area (Å²) in [6.07, 6.45) is 1.73. The first kappa shape index (κ1) is 12.7. The highest BCUT2D eigenvalue weighted by Crippen LogP contribution is 2.33. The Morgan fingerprint density at radius 3 is 2.85 bits per heavy atom. The van der Waals surface area contributed by atoms with Gasteiger partial charge in [-0.2, -0.15) is 0 Å². The third kappa shape index (κ3) is 1.95. The van der Waals surface area contributed by atoms with Crippen LogP contribution in [0.1, 0.15) is 19.8 Å². The minimum absolute atomic E-state index is 0.140. The monoisotopic (exact) mass is 275 g/mol. The number of anilines is 2. The Morgan fingerprint density at radius 1 is 1.35 bits per heavy atom. The SMILES string of the molecule is CC1CCC(C(N)=O)CN1c1ccc(N)c2nonc12. The van der Waals surface area contributed by atoms with Crippen LogP contribution < -0.4 is 16.4 Å². The molecule has 106 valence electrons. The second-order valence-corrected chi connectivity index (χ2v) is 5.31. The van der Waals surface area contributed by atoms with Crippen molar-refractivity contribution in [2.75, 3.05) is 17.2 Å². The van der Waals surface area contributed by atoms with E-state index in [9.17, 15) is 4.79 Å². The summed E-state index contributed by atoms with van der Waals surface area (Å²) in [5.41, 5.74) is 13.9. The fourth-order valence-corrected chi connectivity index (χ4v) is 2.78. The van der Waals surface area contributed by atoms with Crippen LogP contribution in [-0.4, -0.2) is 28.8 Å². The average molecular weight is 275 g/mol. The molecular weight excluding hydrogens is 258 g/mol. The first-order valence-corrected chi connectivity index (χ1v) is 6.64. The number of nitrogen functional groups attached to an aromatic ring is 1. The van der Waals surface area contributed by atoms with Gasteiger partial charge in [-0.1, -0.05) is 0 Å². The topological polar surface area (TPSA) is 111 Å². The van der Waals surface area contributed by atoms with Gasteiger partial charge < -0.3 is 16.4 Å². The van der Waals surface area contributed by atoms with Gasteiger partial charge in [0.2, 0.25) is 5.91 Å². The van der Waals surface area contributed by atoms with Crippen LogP contribution in [0, 0.1) is 5.92 Å². The Kier molecular flexibility index (Phi) is 2.96. The molecule has 20 heavy (non-hydrogen) atoms. The molecule has 0 bridgehead atoms. The Balaban J connectivity index is 2.02. The lowest BCUT2D eigenvalue weighted by atomic mass is 9.92. The number of piperidine rings is 1. The number of hydrogen-bond acceptors (Lipinski definition) is 6. The molecule has 2 aromatic rings. The molecule has 4 N–H and O–H groups in total. The minimum atomic E-state index is -0.258. The Hall–Kier alpha value is -2.31. The first-order valence-electron chi connectivity index (χ1n) is 6.64. The molecule has 1 aliphatic rings. The standard InChI is InChI=1S/C13H17N5O2/c1-7-2-3-8(13(15)19)6-18(7)10-5-4-9(14)11-12(10)17-20-16-11/h4-5,7-8H,2-3,6,14H2,1H3,(H2,15,19). The van der Waals surface area contributed by atoms with Crippen molar-refractivity contribution in [3.8, 4) is 0 Å². The molecule has 1 aromatic heterocycles. The molecule has 0 spiro atoms. The third-order valence-electron chi connectivity index (χ3n) is 4.02. The van der Waals surface area contributed by atoms with E-state index in [2.05, 4.69) is 22.1 Å². The maximum absolute atomic E-state index is 11.4. The van der Waals surface area contributed by atoms with E-state index in [0.29, 0.717) is 29.3 Å². The van der Waals surface area contributed by atoms with Gasteiger partial charge in [-0.25, -0.2) is 4.63 Å². The molecule has 2 heterocycles. The number of carbonyl (C=O) groups is 1. The van der Waals surface area contributed by atoms with E-state index in [1.165, 1.54) is 0 Å². The molecule has 1 aliphatic heterocycles. The number of benzene rings is 1. The highest BCUT2D eigenvalue weighted by atomic mass is 16.6. The number of nitrogens with two attached hydrogens (primary N) is 2. The van der Waals surface area contributed by atoms with Gasteiger partial charge in [0, 0.05) is 12.6 Å². The van der Waals surface area contributed by atoms with E-state index >= 15 is 0 Å². The van der Waals surface area contributed by atoms with Gasteiger partial charge in [0.25, 0.3) is 0 Å². The number of amides is 1. The minimum Gasteiger partial charge on any atom is -0.397 e. The normalized spacial score (nSPS) is 23.1. The van der Waals surface area contributed by atoms with Gasteiger partial charge in [-0.3, -0.25) is 4.79 Å². The summed E-state index contributed by atoms with van der Waals surface area (Å²) in [5.74, 6) is -0.398. The predicted octanol–water partition coefficient (Wildman–Crippen LogP) is 0.895. The van der Waals surface area contributed by atoms with Crippen LogP contribution in [-0.2, 0) is 4.79 Å². The van der Waals surface area contributed by atoms with Crippen molar-refractivity contribution in [1.82, 2.24) is 10.3 Å². The Labute approximate surface area is 115 Å². The van der Waals surface area contributed by atoms with Gasteiger partial charge in [-0.15, -0.1) is 0 Å². The zero-order chi connectivity index (χ0) is 14.3. The van der Waals surface area contributed by atoms with Crippen LogP contribution in [0.5, 0.6) is 0 Å². The molecule has 0 aliphatic carbocycles. The second-order valence-electron chi connectivity index (χ2n) is 5.31. The fraction of sp³-hybridized carbons (Fsp3) is 0.462. The zero-order valence-corrected chi connectivity index (χ0v) is 11.2. The molecule has 7 heteroatoms. The lowest BCUT2D eigenvalue weighted by Crippen LogP contribution is -2.46. The number of nitrogens with zero attached hydrogens (tertiary/aromatic N) is 3. The molecule has 1 amide bonds. The summed E-state index contributed by atoms with van der Waals surface area (Å²) in [4.78, 5) is 13.6. The molecule has 2 unspecified atom stereocenters. The number of carbonyl (C=O) groups excluding carboxylic acids is 1. The van der Waals surface area contributed by atoms with E-state index in [4.69, 9.17) is 16.1 Å². The summed E-state index contributed by atoms with van der Waals surface area (Å²) in [6.45, 7) is 2.70. The largest absolute Gasteiger partial charge is 0.397 e. The lowest BCUT2D eigenvalue weighted by Gasteiger charge is -2.38. The first-order chi connectivity index (χ1) is 9.58. The highest BCUT2D eigenvalue weighted by Gasteiger charge is 2.30. The summed E-state index contributed by atoms with van der Waals surface area (Å²) in [6, 6.07) is 3.97. The van der Waals surface area contributed by atoms with E-state index in [1.807, 2.05) is 6.07 Å². The van der Waals surface area contributed by atoms with E-state index in [-0.39, 0.29) is 11.8 Å². The van der Waals surface area contributed by atoms with Gasteiger partial charge in [0.1, 0.15) is 0 Å². The Morgan fingerprint density at radius 2 is 2.10 bits per heavy atom. The number of aromatic nitrogens is 2. The number of fused-ring (bicyclic) bond motifs is 1. The maximum Gasteiger partial charge on any atom is 0.222 e. The molecule has 2 atom stereocenters. The zero-order valence-electron chi connectivity index (χ0n) is 11.2. The quantitative estimate of drug-likeness (QED) is 0.787. The van der Waals surface area contributed by atoms with Crippen LogP contribution in [0.4, 0.5) is 11.4 Å². The van der Waals surface area contributed by atoms with Crippen molar-refractivity contribution in [1.29, 1.82) is 0 Å². The van der Waals surface area contributed by atoms with Crippen LogP contribution in [0.15, 0.2) is 16.8 Å². The predicted molar refractivity (Wildman–Crippen MR) is 74.9 cm³/mol. The van der Waals surface area contributed by atoms with Gasteiger partial charge in [0.15, 0.2) is 11.0 Å². The van der Waals surface area contributed by atoms with Gasteiger partial charge >= 0.3 is 0 Å². The van der Waals surface area contributed by atoms with Crippen molar-refractivity contribution in [2.24, 2.45) is 11.7 Å². The molecule has 0 radical (unpaired) electrons. The molecule has 1 saturated heterocycles. The van der Waals surface area contributed by atoms with Crippen LogP contribution in [0.25, 0.3) is 11.0 Å². The molecule has 1 fully saturated rings. The summed E-state index contributed by atoms with van der Waals surface area (Å²) < 4.78 is 4.79. The molecule has 7 nitrogen and oxygen atoms in total. The highest BCUT2D eigenvalue weighted by molar-refractivity contribution is 5.95. The van der Waals surface area contributed by atoms with Gasteiger partial charge in [0.05, 0.1) is 17.3 Å². The van der Waals surface area contributed by atoms with Crippen molar-refractivity contribution in [3.63, 3.8) is 0 Å². The summed E-state index contributed by atoms with van der Waals surface area (Å²) in [7, 11) is 0. The number of rotatable bonds is 2. The number of primary amides is 1. The second kappa shape index (κ2) is 4.66. The fourth-order valence-electron chi connectivity index (χ4n) is 2.78. The summed E-state index contributed by atoms with van der Waals surface area (Å²) >= 11 is 0. The molecule has 1 aromatic carbocycles. The van der Waals surface area contributed by atoms with Crippen molar-refractivity contribution in [3.05, 3.63) is 12.1 Å². The van der Waals surface area contributed by atoms with E-state index < -0.39 is 0 Å². The van der Waals surface area contributed by atoms with E-state index in [1.54, 1.807) is 6.07 Å². The van der Waals surface area contributed by atoms with Crippen LogP contribution in [0.2, 0.25) is 0 Å². The Bertz CT molecular complexity index is 653. The maximum atomic E-state index is 11.4. The van der Waals surface area contributed by atoms with Crippen LogP contribution >= 0.6 is 0 Å². The van der Waals surface area contributed by atoms with Gasteiger partial charge in [-0.05, 0) is 42.2 Å². The average Bonchev–Trinajstić information content (AvgIpc) is 2.90. The molecular formula is C13H17N5O2. The number of hydrogen-bond donors (Lipinski definition) is 2. The van der Waals surface area contributed by atoms with Crippen molar-refractivity contribution < 1.29 is 9.42 Å². The molecule has 0 saturated carbocycles.